The van der Waals surface area contributed by atoms with Crippen molar-refractivity contribution in [3.63, 3.8) is 0 Å². The Labute approximate surface area is 831 Å². The van der Waals surface area contributed by atoms with E-state index in [1.54, 1.807) is 99.2 Å². The molecule has 0 atom stereocenters. The summed E-state index contributed by atoms with van der Waals surface area (Å²) in [5, 5.41) is 116. The summed E-state index contributed by atoms with van der Waals surface area (Å²) < 4.78 is 119. The van der Waals surface area contributed by atoms with E-state index in [-0.39, 0.29) is 261 Å². The molecule has 4 heterocycles. The summed E-state index contributed by atoms with van der Waals surface area (Å²) in [4.78, 5) is 100. The van der Waals surface area contributed by atoms with E-state index in [1.807, 2.05) is 0 Å². The third-order valence-corrected chi connectivity index (χ3v) is 21.0. The van der Waals surface area contributed by atoms with Crippen LogP contribution in [-0.4, -0.2) is 316 Å². The molecule has 0 radical (unpaired) electrons. The lowest BCUT2D eigenvalue weighted by Crippen LogP contribution is -2.13. The zero-order valence-electron chi connectivity index (χ0n) is 79.1. The van der Waals surface area contributed by atoms with Crippen LogP contribution in [0, 0.1) is 0 Å². The molecule has 4 aromatic heterocycles. The molecule has 0 amide bonds. The Kier molecular flexibility index (Phi) is 40.6. The monoisotopic (exact) mass is 2010 g/mol. The highest BCUT2D eigenvalue weighted by molar-refractivity contribution is 6.00. The molecular weight excluding hydrogens is 1910 g/mol. The quantitative estimate of drug-likeness (QED) is 0.0130. The van der Waals surface area contributed by atoms with Crippen LogP contribution in [0.25, 0.3) is 140 Å². The third-order valence-electron chi connectivity index (χ3n) is 21.0. The van der Waals surface area contributed by atoms with Crippen molar-refractivity contribution in [2.45, 2.75) is 0 Å². The summed E-state index contributed by atoms with van der Waals surface area (Å²) in [6, 6.07) is 25.7. The number of carboxylic acid groups (broad SMARTS) is 8. The van der Waals surface area contributed by atoms with Crippen molar-refractivity contribution in [2.24, 2.45) is 0 Å². The second-order valence-corrected chi connectivity index (χ2v) is 30.9. The molecule has 12 rings (SSSR count). The summed E-state index contributed by atoms with van der Waals surface area (Å²) in [5.74, 6) is -13.3. The van der Waals surface area contributed by atoms with Crippen molar-refractivity contribution < 1.29 is 173 Å². The zero-order valence-corrected chi connectivity index (χ0v) is 79.1. The van der Waals surface area contributed by atoms with E-state index in [2.05, 4.69) is 53.9 Å². The van der Waals surface area contributed by atoms with Gasteiger partial charge in [-0.3, -0.25) is 0 Å². The fourth-order valence-electron chi connectivity index (χ4n) is 13.8. The van der Waals surface area contributed by atoms with Crippen LogP contribution in [0.5, 0.6) is 23.0 Å². The number of aromatic nitrogens is 8. The number of nitrogens with zero attached hydrogens (tertiary/aromatic N) is 8. The van der Waals surface area contributed by atoms with Crippen LogP contribution in [0.4, 0.5) is 0 Å². The van der Waals surface area contributed by atoms with Crippen LogP contribution in [0.15, 0.2) is 152 Å². The minimum atomic E-state index is -1.49. The van der Waals surface area contributed by atoms with E-state index >= 15 is 0 Å². The summed E-state index contributed by atoms with van der Waals surface area (Å²) >= 11 is 0. The van der Waals surface area contributed by atoms with Gasteiger partial charge in [-0.15, -0.1) is 40.8 Å². The van der Waals surface area contributed by atoms with E-state index in [0.717, 1.165) is 72.8 Å². The molecule has 0 saturated heterocycles. The summed E-state index contributed by atoms with van der Waals surface area (Å²) in [6.45, 7) is 12.2. The van der Waals surface area contributed by atoms with Crippen LogP contribution in [0.3, 0.4) is 0 Å². The van der Waals surface area contributed by atoms with Gasteiger partial charge in [0, 0.05) is 95.2 Å². The molecule has 0 spiro atoms. The van der Waals surface area contributed by atoms with Crippen LogP contribution < -0.4 is 18.9 Å². The molecule has 0 bridgehead atoms. The van der Waals surface area contributed by atoms with E-state index in [9.17, 15) is 79.2 Å². The topological polar surface area (TPSA) is 602 Å². The zero-order chi connectivity index (χ0) is 104. The molecule has 8 N–H and O–H groups in total. The molecule has 0 aliphatic carbocycles. The van der Waals surface area contributed by atoms with Gasteiger partial charge in [0.2, 0.25) is 47.1 Å². The molecule has 0 saturated carbocycles. The molecule has 0 aliphatic heterocycles. The fraction of sp³-hybridized carbons (Fsp3) is 0.275. The SMILES string of the molecule is C=Cc1cc(OCCOCCOCCOC)c(/C=C/c2cc(-c3nnc(-c4cc(C(=O)O)cc(C(=O)O)c4)o3)c(/C=C/c3cc(OCCOCCOCCOC)c(/C=C/c4cc(-c5nnc(-c6cc(C(=O)O)cc(C(=O)O)c6)o5)c(C=C)cc4-c4nnc(-c5cc(C(=O)O)cc(C(=O)O)c5)o4)cc3OCCOCCOCCOC)cc2-c2nnc(-c3cc(C(=O)O)cc(C(=O)O)c3)o2)cc1OCCOCCOCCOC. The van der Waals surface area contributed by atoms with Gasteiger partial charge in [0.25, 0.3) is 0 Å². The maximum absolute atomic E-state index is 12.7. The van der Waals surface area contributed by atoms with Gasteiger partial charge in [-0.1, -0.05) is 61.8 Å². The van der Waals surface area contributed by atoms with E-state index in [1.165, 1.54) is 26.4 Å². The minimum absolute atomic E-state index is 0.00472. The number of hydrogen-bond donors (Lipinski definition) is 8. The van der Waals surface area contributed by atoms with Gasteiger partial charge in [0.05, 0.1) is 177 Å². The first-order chi connectivity index (χ1) is 70.7. The molecule has 44 nitrogen and oxygen atoms in total. The molecule has 0 aliphatic rings. The molecule has 8 aromatic carbocycles. The number of aromatic carboxylic acids is 8. The Balaban J connectivity index is 1.08. The molecule has 764 valence electrons. The van der Waals surface area contributed by atoms with Crippen molar-refractivity contribution in [1.29, 1.82) is 0 Å². The second kappa shape index (κ2) is 54.7. The molecule has 146 heavy (non-hydrogen) atoms. The Morgan fingerprint density at radius 1 is 0.219 bits per heavy atom. The molecule has 0 unspecified atom stereocenters. The van der Waals surface area contributed by atoms with Gasteiger partial charge in [-0.25, -0.2) is 38.4 Å². The largest absolute Gasteiger partial charge is 0.491 e. The Bertz CT molecular complexity index is 6600. The Hall–Kier alpha value is -16.5. The van der Waals surface area contributed by atoms with Crippen molar-refractivity contribution in [3.8, 4) is 115 Å². The van der Waals surface area contributed by atoms with Crippen molar-refractivity contribution >= 4 is 96.4 Å². The number of ether oxygens (including phenoxy) is 16. The van der Waals surface area contributed by atoms with Gasteiger partial charge >= 0.3 is 47.8 Å². The van der Waals surface area contributed by atoms with Crippen molar-refractivity contribution in [1.82, 2.24) is 40.8 Å². The number of carboxylic acids is 8. The summed E-state index contributed by atoms with van der Waals surface area (Å²) in [7, 11) is 6.17. The average molecular weight is 2010 g/mol. The summed E-state index contributed by atoms with van der Waals surface area (Å²) in [6.07, 6.45) is 12.6. The highest BCUT2D eigenvalue weighted by atomic mass is 16.6. The van der Waals surface area contributed by atoms with Crippen LogP contribution in [0.2, 0.25) is 0 Å². The highest BCUT2D eigenvalue weighted by Gasteiger charge is 2.28. The maximum Gasteiger partial charge on any atom is 0.335 e. The normalized spacial score (nSPS) is 11.5. The van der Waals surface area contributed by atoms with Gasteiger partial charge in [-0.05, 0) is 144 Å². The van der Waals surface area contributed by atoms with Gasteiger partial charge in [-0.2, -0.15) is 0 Å². The van der Waals surface area contributed by atoms with Crippen LogP contribution >= 0.6 is 0 Å². The first-order valence-electron chi connectivity index (χ1n) is 44.7. The third kappa shape index (κ3) is 30.5. The van der Waals surface area contributed by atoms with Gasteiger partial charge < -0.3 is 134 Å². The number of benzene rings is 8. The van der Waals surface area contributed by atoms with Crippen LogP contribution in [-0.2, 0) is 56.8 Å². The predicted octanol–water partition coefficient (Wildman–Crippen LogP) is 14.2. The van der Waals surface area contributed by atoms with Crippen molar-refractivity contribution in [2.75, 3.05) is 187 Å². The van der Waals surface area contributed by atoms with Crippen LogP contribution in [0.1, 0.15) is 127 Å². The molecule has 44 heteroatoms. The Morgan fingerprint density at radius 3 is 0.596 bits per heavy atom. The van der Waals surface area contributed by atoms with E-state index in [0.29, 0.717) is 56.5 Å². The average Bonchev–Trinajstić information content (AvgIpc) is 1.59. The standard InChI is InChI=1S/C102H100N8O36/c1-7-59-51-80(92-108-104-88(144-92)68-41-73(97(115)116)48-74(42-68)98(117)118)61(52-79(59)91-107-103-87(143-91)67-39-71(95(111)112)47-72(40-67)96(113)114)9-13-65-57-86(142-38-34-138-30-26-134-22-18-130-6)66(58-85(65)141-37-33-137-29-25-133-21-17-129-5)14-11-63-54-81(93-109-105-89(145-93)69-43-75(99(119)120)49-76(44-69)100(121)122)62(53-82(63)94-110-106-90(146-94)70-45-77(101(123)124)50-78(46-70)102(125)126)10-12-64-56-83(139-35-31-135-27-23-131-19-15-127-3)60(8-2)55-84(64)140-36-32-136-28-24-132-20-16-128-4/h7-14,39-58H,1-2,15-38H2,3-6H3,(H,111,112)(H,113,114)(H,115,116)(H,117,118)(H,119,120)(H,121,122)(H,123,124)(H,125,126)/b12-10+,13-9+,14-11+. The van der Waals surface area contributed by atoms with E-state index < -0.39 is 92.3 Å². The lowest BCUT2D eigenvalue weighted by molar-refractivity contribution is 0.0177. The summed E-state index contributed by atoms with van der Waals surface area (Å²) in [5.41, 5.74) is -1.22. The van der Waals surface area contributed by atoms with Gasteiger partial charge in [0.1, 0.15) is 49.4 Å². The first-order valence-corrected chi connectivity index (χ1v) is 44.7. The van der Waals surface area contributed by atoms with Crippen molar-refractivity contribution in [3.05, 3.63) is 224 Å². The van der Waals surface area contributed by atoms with Gasteiger partial charge in [0.15, 0.2) is 0 Å². The highest BCUT2D eigenvalue weighted by Crippen LogP contribution is 2.43. The Morgan fingerprint density at radius 2 is 0.390 bits per heavy atom. The molecule has 12 aromatic rings. The predicted molar refractivity (Wildman–Crippen MR) is 519 cm³/mol. The molecular formula is C102H100N8O36. The molecule has 0 fully saturated rings. The second-order valence-electron chi connectivity index (χ2n) is 30.9. The number of carbonyl (C=O) groups is 8. The first kappa shape index (κ1) is 108. The lowest BCUT2D eigenvalue weighted by Gasteiger charge is -2.16. The maximum atomic E-state index is 12.7. The minimum Gasteiger partial charge on any atom is -0.491 e. The van der Waals surface area contributed by atoms with E-state index in [4.69, 9.17) is 93.5 Å². The number of hydrogen-bond acceptors (Lipinski definition) is 36. The number of methoxy groups -OCH3 is 4. The smallest absolute Gasteiger partial charge is 0.335 e. The lowest BCUT2D eigenvalue weighted by atomic mass is 9.95. The number of rotatable bonds is 64. The fourth-order valence-corrected chi connectivity index (χ4v) is 13.8.